The van der Waals surface area contributed by atoms with Gasteiger partial charge in [-0.15, -0.1) is 0 Å². The van der Waals surface area contributed by atoms with Gasteiger partial charge in [-0.3, -0.25) is 0 Å². The molecule has 1 aromatic rings. The summed E-state index contributed by atoms with van der Waals surface area (Å²) < 4.78 is 29.4. The van der Waals surface area contributed by atoms with Gasteiger partial charge >= 0.3 is 0 Å². The van der Waals surface area contributed by atoms with Crippen molar-refractivity contribution in [3.63, 3.8) is 0 Å². The van der Waals surface area contributed by atoms with Crippen molar-refractivity contribution in [1.82, 2.24) is 0 Å². The number of aliphatic hydroxyl groups is 1. The maximum absolute atomic E-state index is 12.1. The number of benzene rings is 1. The molecule has 17 heavy (non-hydrogen) atoms. The smallest absolute Gasteiger partial charge is 0.182 e. The van der Waals surface area contributed by atoms with E-state index in [1.807, 2.05) is 0 Å². The largest absolute Gasteiger partial charge is 0.495 e. The van der Waals surface area contributed by atoms with E-state index >= 15 is 0 Å². The number of nitrogens with one attached hydrogen (secondary N) is 1. The lowest BCUT2D eigenvalue weighted by Crippen LogP contribution is -2.37. The minimum absolute atomic E-state index is 0.0928. The number of methoxy groups -OCH3 is 1. The van der Waals surface area contributed by atoms with E-state index in [0.29, 0.717) is 17.0 Å². The molecule has 1 aromatic carbocycles. The molecule has 2 rings (SSSR count). The van der Waals surface area contributed by atoms with Gasteiger partial charge in [0.1, 0.15) is 5.75 Å². The molecular formula is C11H15NO4S. The molecule has 2 N–H and O–H groups in total. The van der Waals surface area contributed by atoms with Crippen molar-refractivity contribution in [2.75, 3.05) is 24.8 Å². The van der Waals surface area contributed by atoms with Crippen molar-refractivity contribution in [2.24, 2.45) is 0 Å². The molecule has 5 nitrogen and oxygen atoms in total. The van der Waals surface area contributed by atoms with Crippen LogP contribution < -0.4 is 10.1 Å². The highest BCUT2D eigenvalue weighted by molar-refractivity contribution is 7.91. The summed E-state index contributed by atoms with van der Waals surface area (Å²) in [5.74, 6) is 0.386. The highest BCUT2D eigenvalue weighted by atomic mass is 32.2. The Labute approximate surface area is 100 Å². The van der Waals surface area contributed by atoms with E-state index in [1.165, 1.54) is 7.11 Å². The number of hydrogen-bond donors (Lipinski definition) is 2. The Balaban J connectivity index is 2.68. The number of ether oxygens (including phenoxy) is 1. The molecule has 1 heterocycles. The average Bonchev–Trinajstić information content (AvgIpc) is 2.27. The lowest BCUT2D eigenvalue weighted by molar-refractivity contribution is 0.280. The first-order valence-corrected chi connectivity index (χ1v) is 6.92. The van der Waals surface area contributed by atoms with Crippen LogP contribution in [0.15, 0.2) is 17.0 Å². The van der Waals surface area contributed by atoms with Gasteiger partial charge in [-0.2, -0.15) is 0 Å². The molecule has 0 saturated heterocycles. The number of anilines is 1. The zero-order chi connectivity index (χ0) is 12.6. The highest BCUT2D eigenvalue weighted by Gasteiger charge is 2.33. The number of sulfone groups is 1. The van der Waals surface area contributed by atoms with Crippen molar-refractivity contribution in [3.05, 3.63) is 17.7 Å². The van der Waals surface area contributed by atoms with Crippen LogP contribution >= 0.6 is 0 Å². The van der Waals surface area contributed by atoms with E-state index in [2.05, 4.69) is 5.32 Å². The third kappa shape index (κ3) is 1.98. The molecule has 0 amide bonds. The van der Waals surface area contributed by atoms with Gasteiger partial charge in [0.2, 0.25) is 0 Å². The van der Waals surface area contributed by atoms with E-state index in [9.17, 15) is 8.42 Å². The van der Waals surface area contributed by atoms with E-state index in [0.717, 1.165) is 0 Å². The monoisotopic (exact) mass is 257 g/mol. The minimum atomic E-state index is -3.37. The third-order valence-corrected chi connectivity index (χ3v) is 4.83. The molecule has 6 heteroatoms. The van der Waals surface area contributed by atoms with Gasteiger partial charge in [-0.25, -0.2) is 8.42 Å². The van der Waals surface area contributed by atoms with Crippen LogP contribution in [0.3, 0.4) is 0 Å². The second kappa shape index (κ2) is 4.19. The van der Waals surface area contributed by atoms with Crippen molar-refractivity contribution in [2.45, 2.75) is 17.9 Å². The summed E-state index contributed by atoms with van der Waals surface area (Å²) in [5.41, 5.74) is 1.14. The Hall–Kier alpha value is -1.27. The summed E-state index contributed by atoms with van der Waals surface area (Å²) in [7, 11) is -1.88. The Morgan fingerprint density at radius 2 is 2.24 bits per heavy atom. The molecule has 0 radical (unpaired) electrons. The van der Waals surface area contributed by atoms with Gasteiger partial charge in [-0.1, -0.05) is 6.07 Å². The Kier molecular flexibility index (Phi) is 3.01. The normalized spacial score (nSPS) is 21.5. The number of rotatable bonds is 2. The van der Waals surface area contributed by atoms with Crippen molar-refractivity contribution < 1.29 is 18.3 Å². The third-order valence-electron chi connectivity index (χ3n) is 2.84. The van der Waals surface area contributed by atoms with Crippen LogP contribution in [-0.4, -0.2) is 39.0 Å². The average molecular weight is 257 g/mol. The molecule has 94 valence electrons. The molecule has 1 aliphatic heterocycles. The van der Waals surface area contributed by atoms with Gasteiger partial charge in [-0.05, 0) is 18.6 Å². The lowest BCUT2D eigenvalue weighted by atomic mass is 10.2. The first-order valence-electron chi connectivity index (χ1n) is 5.27. The topological polar surface area (TPSA) is 75.6 Å². The zero-order valence-electron chi connectivity index (χ0n) is 9.73. The van der Waals surface area contributed by atoms with E-state index in [1.54, 1.807) is 19.1 Å². The number of hydrogen-bond acceptors (Lipinski definition) is 5. The summed E-state index contributed by atoms with van der Waals surface area (Å²) in [6, 6.07) is 2.95. The SMILES string of the molecule is COc1ccc(C)c2c1NC(CO)CS2(=O)=O. The number of fused-ring (bicyclic) bond motifs is 1. The molecule has 1 unspecified atom stereocenters. The second-order valence-corrected chi connectivity index (χ2v) is 6.07. The van der Waals surface area contributed by atoms with Crippen molar-refractivity contribution in [3.8, 4) is 5.75 Å². The van der Waals surface area contributed by atoms with Crippen LogP contribution in [0.5, 0.6) is 5.75 Å². The van der Waals surface area contributed by atoms with Gasteiger partial charge in [0, 0.05) is 0 Å². The maximum atomic E-state index is 12.1. The van der Waals surface area contributed by atoms with Crippen LogP contribution in [0.4, 0.5) is 5.69 Å². The maximum Gasteiger partial charge on any atom is 0.182 e. The summed E-state index contributed by atoms with van der Waals surface area (Å²) in [4.78, 5) is 0.279. The lowest BCUT2D eigenvalue weighted by Gasteiger charge is -2.28. The second-order valence-electron chi connectivity index (χ2n) is 4.09. The van der Waals surface area contributed by atoms with Crippen LogP contribution in [0.25, 0.3) is 0 Å². The number of aryl methyl sites for hydroxylation is 1. The predicted octanol–water partition coefficient (Wildman–Crippen LogP) is 0.564. The first kappa shape index (κ1) is 12.2. The fourth-order valence-corrected chi connectivity index (χ4v) is 3.98. The fourth-order valence-electron chi connectivity index (χ4n) is 2.07. The molecule has 0 bridgehead atoms. The zero-order valence-corrected chi connectivity index (χ0v) is 10.5. The van der Waals surface area contributed by atoms with Crippen LogP contribution in [0.2, 0.25) is 0 Å². The van der Waals surface area contributed by atoms with Gasteiger partial charge < -0.3 is 15.2 Å². The van der Waals surface area contributed by atoms with Crippen LogP contribution in [-0.2, 0) is 9.84 Å². The minimum Gasteiger partial charge on any atom is -0.495 e. The summed E-state index contributed by atoms with van der Waals surface area (Å²) >= 11 is 0. The van der Waals surface area contributed by atoms with E-state index in [-0.39, 0.29) is 17.3 Å². The summed E-state index contributed by atoms with van der Waals surface area (Å²) in [6.45, 7) is 1.52. The highest BCUT2D eigenvalue weighted by Crippen LogP contribution is 2.38. The molecule has 1 atom stereocenters. The standard InChI is InChI=1S/C11H15NO4S/c1-7-3-4-9(16-2)10-11(7)17(14,15)6-8(5-13)12-10/h3-4,8,12-13H,5-6H2,1-2H3. The number of aliphatic hydroxyl groups excluding tert-OH is 1. The predicted molar refractivity (Wildman–Crippen MR) is 64.3 cm³/mol. The molecule has 1 aliphatic rings. The van der Waals surface area contributed by atoms with Crippen molar-refractivity contribution in [1.29, 1.82) is 0 Å². The molecule has 0 aromatic heterocycles. The Bertz CT molecular complexity index is 539. The first-order chi connectivity index (χ1) is 7.99. The Morgan fingerprint density at radius 3 is 2.82 bits per heavy atom. The van der Waals surface area contributed by atoms with Crippen molar-refractivity contribution >= 4 is 15.5 Å². The molecular weight excluding hydrogens is 242 g/mol. The molecule has 0 saturated carbocycles. The van der Waals surface area contributed by atoms with Crippen LogP contribution in [0, 0.1) is 6.92 Å². The quantitative estimate of drug-likeness (QED) is 0.810. The van der Waals surface area contributed by atoms with Gasteiger partial charge in [0.15, 0.2) is 9.84 Å². The molecule has 0 fully saturated rings. The summed E-state index contributed by atoms with van der Waals surface area (Å²) in [6.07, 6.45) is 0. The molecule has 0 aliphatic carbocycles. The van der Waals surface area contributed by atoms with E-state index < -0.39 is 15.9 Å². The summed E-state index contributed by atoms with van der Waals surface area (Å²) in [5, 5.41) is 12.1. The molecule has 0 spiro atoms. The van der Waals surface area contributed by atoms with Gasteiger partial charge in [0.25, 0.3) is 0 Å². The van der Waals surface area contributed by atoms with Crippen LogP contribution in [0.1, 0.15) is 5.56 Å². The van der Waals surface area contributed by atoms with Gasteiger partial charge in [0.05, 0.1) is 36.1 Å². The fraction of sp³-hybridized carbons (Fsp3) is 0.455. The Morgan fingerprint density at radius 1 is 1.53 bits per heavy atom. The van der Waals surface area contributed by atoms with E-state index in [4.69, 9.17) is 9.84 Å².